The molecule has 0 bridgehead atoms. The Labute approximate surface area is 267 Å². The molecule has 2 aromatic carbocycles. The zero-order valence-electron chi connectivity index (χ0n) is 27.2. The molecule has 0 fully saturated rings. The molecule has 0 radical (unpaired) electrons. The number of amides is 4. The molecule has 0 saturated heterocycles. The quantitative estimate of drug-likeness (QED) is 0.185. The highest BCUT2D eigenvalue weighted by Gasteiger charge is 2.37. The van der Waals surface area contributed by atoms with Crippen LogP contribution in [0.3, 0.4) is 0 Å². The summed E-state index contributed by atoms with van der Waals surface area (Å²) in [5, 5.41) is 6.00. The SMILES string of the molecule is CCCCCCCN(C(=O)C(CCC(N)=O)NC(=O)OC(C)(C)C)C(C(=O)Nc1c(C)cccc1Cl)c1cccc(C)c1C. The van der Waals surface area contributed by atoms with E-state index in [9.17, 15) is 19.2 Å². The fourth-order valence-corrected chi connectivity index (χ4v) is 5.22. The zero-order chi connectivity index (χ0) is 33.0. The molecule has 0 aliphatic rings. The second-order valence-electron chi connectivity index (χ2n) is 12.3. The first kappa shape index (κ1) is 36.6. The van der Waals surface area contributed by atoms with Crippen molar-refractivity contribution in [3.05, 3.63) is 63.7 Å². The smallest absolute Gasteiger partial charge is 0.408 e. The lowest BCUT2D eigenvalue weighted by Gasteiger charge is -2.35. The molecule has 2 rings (SSSR count). The van der Waals surface area contributed by atoms with Gasteiger partial charge in [-0.3, -0.25) is 14.4 Å². The van der Waals surface area contributed by atoms with Gasteiger partial charge >= 0.3 is 6.09 Å². The number of carbonyl (C=O) groups is 4. The molecule has 242 valence electrons. The Morgan fingerprint density at radius 3 is 2.20 bits per heavy atom. The summed E-state index contributed by atoms with van der Waals surface area (Å²) in [5.41, 5.74) is 8.34. The molecule has 2 unspecified atom stereocenters. The number of anilines is 1. The van der Waals surface area contributed by atoms with Crippen LogP contribution < -0.4 is 16.4 Å². The fourth-order valence-electron chi connectivity index (χ4n) is 4.95. The van der Waals surface area contributed by atoms with Gasteiger partial charge in [-0.2, -0.15) is 0 Å². The molecule has 0 aliphatic carbocycles. The van der Waals surface area contributed by atoms with Gasteiger partial charge in [-0.1, -0.05) is 74.5 Å². The van der Waals surface area contributed by atoms with Crippen molar-refractivity contribution in [1.82, 2.24) is 10.2 Å². The van der Waals surface area contributed by atoms with Crippen LogP contribution in [0.2, 0.25) is 5.02 Å². The van der Waals surface area contributed by atoms with E-state index in [0.717, 1.165) is 42.4 Å². The highest BCUT2D eigenvalue weighted by Crippen LogP contribution is 2.32. The van der Waals surface area contributed by atoms with E-state index in [4.69, 9.17) is 22.1 Å². The highest BCUT2D eigenvalue weighted by atomic mass is 35.5. The van der Waals surface area contributed by atoms with Gasteiger partial charge in [-0.25, -0.2) is 4.79 Å². The number of unbranched alkanes of at least 4 members (excludes halogenated alkanes) is 4. The van der Waals surface area contributed by atoms with Crippen LogP contribution in [0.25, 0.3) is 0 Å². The lowest BCUT2D eigenvalue weighted by atomic mass is 9.94. The number of hydrogen-bond donors (Lipinski definition) is 3. The number of benzene rings is 2. The molecule has 2 atom stereocenters. The van der Waals surface area contributed by atoms with Crippen molar-refractivity contribution in [1.29, 1.82) is 0 Å². The maximum absolute atomic E-state index is 14.5. The summed E-state index contributed by atoms with van der Waals surface area (Å²) in [6, 6.07) is 8.76. The molecule has 0 aromatic heterocycles. The summed E-state index contributed by atoms with van der Waals surface area (Å²) in [6.45, 7) is 13.2. The topological polar surface area (TPSA) is 131 Å². The van der Waals surface area contributed by atoms with Crippen LogP contribution in [0, 0.1) is 20.8 Å². The third-order valence-electron chi connectivity index (χ3n) is 7.43. The van der Waals surface area contributed by atoms with Gasteiger partial charge in [-0.15, -0.1) is 0 Å². The number of primary amides is 1. The average molecular weight is 629 g/mol. The first-order chi connectivity index (χ1) is 20.7. The third-order valence-corrected chi connectivity index (χ3v) is 7.74. The number of nitrogens with zero attached hydrogens (tertiary/aromatic N) is 1. The van der Waals surface area contributed by atoms with Gasteiger partial charge in [0.1, 0.15) is 17.7 Å². The Hall–Kier alpha value is -3.59. The Morgan fingerprint density at radius 2 is 1.59 bits per heavy atom. The molecule has 0 aliphatic heterocycles. The number of halogens is 1. The van der Waals surface area contributed by atoms with Crippen molar-refractivity contribution in [2.24, 2.45) is 5.73 Å². The maximum atomic E-state index is 14.5. The van der Waals surface area contributed by atoms with Gasteiger partial charge in [0.15, 0.2) is 0 Å². The van der Waals surface area contributed by atoms with E-state index in [2.05, 4.69) is 17.6 Å². The second kappa shape index (κ2) is 17.0. The molecule has 2 aromatic rings. The first-order valence-corrected chi connectivity index (χ1v) is 15.7. The van der Waals surface area contributed by atoms with E-state index in [0.29, 0.717) is 22.7 Å². The monoisotopic (exact) mass is 628 g/mol. The van der Waals surface area contributed by atoms with Crippen LogP contribution in [-0.4, -0.2) is 46.9 Å². The van der Waals surface area contributed by atoms with Crippen molar-refractivity contribution in [3.63, 3.8) is 0 Å². The van der Waals surface area contributed by atoms with E-state index in [-0.39, 0.29) is 19.4 Å². The summed E-state index contributed by atoms with van der Waals surface area (Å²) >= 11 is 6.49. The van der Waals surface area contributed by atoms with Crippen LogP contribution in [-0.2, 0) is 19.1 Å². The molecule has 4 amide bonds. The predicted octanol–water partition coefficient (Wildman–Crippen LogP) is 6.90. The number of para-hydroxylation sites is 1. The number of carbonyl (C=O) groups excluding carboxylic acids is 4. The molecule has 0 spiro atoms. The van der Waals surface area contributed by atoms with E-state index >= 15 is 0 Å². The predicted molar refractivity (Wildman–Crippen MR) is 176 cm³/mol. The molecular formula is C34H49ClN4O5. The Bertz CT molecular complexity index is 1290. The summed E-state index contributed by atoms with van der Waals surface area (Å²) in [4.78, 5) is 54.9. The van der Waals surface area contributed by atoms with E-state index in [1.165, 1.54) is 4.90 Å². The molecule has 10 heteroatoms. The van der Waals surface area contributed by atoms with Gasteiger partial charge in [-0.05, 0) is 82.7 Å². The normalized spacial score (nSPS) is 12.6. The van der Waals surface area contributed by atoms with Crippen LogP contribution >= 0.6 is 11.6 Å². The summed E-state index contributed by atoms with van der Waals surface area (Å²) in [5.74, 6) is -1.56. The van der Waals surface area contributed by atoms with Crippen molar-refractivity contribution in [3.8, 4) is 0 Å². The lowest BCUT2D eigenvalue weighted by Crippen LogP contribution is -2.53. The van der Waals surface area contributed by atoms with Gasteiger partial charge in [0, 0.05) is 13.0 Å². The van der Waals surface area contributed by atoms with Gasteiger partial charge in [0.25, 0.3) is 5.91 Å². The number of rotatable bonds is 15. The van der Waals surface area contributed by atoms with Crippen LogP contribution in [0.1, 0.15) is 101 Å². The summed E-state index contributed by atoms with van der Waals surface area (Å²) < 4.78 is 5.43. The standard InChI is InChI=1S/C34H49ClN4O5/c1-8-9-10-11-12-21-39(32(42)27(19-20-28(36)40)37-33(43)44-34(5,6)7)30(25-17-13-15-22(2)24(25)4)31(41)38-29-23(3)16-14-18-26(29)35/h13-18,27,30H,8-12,19-21H2,1-7H3,(H2,36,40)(H,37,43)(H,38,41). The Morgan fingerprint density at radius 1 is 0.955 bits per heavy atom. The number of aryl methyl sites for hydroxylation is 2. The lowest BCUT2D eigenvalue weighted by molar-refractivity contribution is -0.141. The summed E-state index contributed by atoms with van der Waals surface area (Å²) in [6.07, 6.45) is 3.60. The minimum Gasteiger partial charge on any atom is -0.444 e. The van der Waals surface area contributed by atoms with Crippen molar-refractivity contribution in [2.75, 3.05) is 11.9 Å². The second-order valence-corrected chi connectivity index (χ2v) is 12.7. The van der Waals surface area contributed by atoms with Crippen molar-refractivity contribution in [2.45, 2.75) is 111 Å². The van der Waals surface area contributed by atoms with Crippen LogP contribution in [0.4, 0.5) is 10.5 Å². The number of ether oxygens (including phenoxy) is 1. The molecule has 4 N–H and O–H groups in total. The largest absolute Gasteiger partial charge is 0.444 e. The van der Waals surface area contributed by atoms with Crippen molar-refractivity contribution >= 4 is 41.1 Å². The number of nitrogens with one attached hydrogen (secondary N) is 2. The molecule has 0 saturated carbocycles. The van der Waals surface area contributed by atoms with Gasteiger partial charge < -0.3 is 26.0 Å². The van der Waals surface area contributed by atoms with E-state index in [1.807, 2.05) is 45.0 Å². The fraction of sp³-hybridized carbons (Fsp3) is 0.529. The highest BCUT2D eigenvalue weighted by molar-refractivity contribution is 6.34. The van der Waals surface area contributed by atoms with Gasteiger partial charge in [0.05, 0.1) is 10.7 Å². The minimum atomic E-state index is -1.16. The molecule has 9 nitrogen and oxygen atoms in total. The van der Waals surface area contributed by atoms with Crippen LogP contribution in [0.5, 0.6) is 0 Å². The van der Waals surface area contributed by atoms with E-state index < -0.39 is 41.5 Å². The minimum absolute atomic E-state index is 0.0511. The summed E-state index contributed by atoms with van der Waals surface area (Å²) in [7, 11) is 0. The van der Waals surface area contributed by atoms with E-state index in [1.54, 1.807) is 32.9 Å². The van der Waals surface area contributed by atoms with Gasteiger partial charge in [0.2, 0.25) is 11.8 Å². The number of alkyl carbamates (subject to hydrolysis) is 1. The molecule has 44 heavy (non-hydrogen) atoms. The maximum Gasteiger partial charge on any atom is 0.408 e. The third kappa shape index (κ3) is 11.2. The average Bonchev–Trinajstić information content (AvgIpc) is 2.93. The molecule has 0 heterocycles. The Kier molecular flexibility index (Phi) is 14.2. The van der Waals surface area contributed by atoms with Crippen molar-refractivity contribution < 1.29 is 23.9 Å². The molecular weight excluding hydrogens is 580 g/mol. The number of hydrogen-bond acceptors (Lipinski definition) is 5. The van der Waals surface area contributed by atoms with Crippen LogP contribution in [0.15, 0.2) is 36.4 Å². The Balaban J connectivity index is 2.65. The number of nitrogens with two attached hydrogens (primary N) is 1. The zero-order valence-corrected chi connectivity index (χ0v) is 28.0. The first-order valence-electron chi connectivity index (χ1n) is 15.4.